The number of pyridine rings is 1. The molecule has 0 bridgehead atoms. The summed E-state index contributed by atoms with van der Waals surface area (Å²) in [6.07, 6.45) is 3.82. The van der Waals surface area contributed by atoms with Gasteiger partial charge in [-0.15, -0.1) is 0 Å². The first kappa shape index (κ1) is 14.3. The van der Waals surface area contributed by atoms with Gasteiger partial charge in [-0.3, -0.25) is 9.59 Å². The van der Waals surface area contributed by atoms with Crippen molar-refractivity contribution in [2.75, 3.05) is 6.54 Å². The van der Waals surface area contributed by atoms with Crippen LogP contribution < -0.4 is 10.6 Å². The van der Waals surface area contributed by atoms with Gasteiger partial charge in [-0.1, -0.05) is 11.6 Å². The second-order valence-electron chi connectivity index (χ2n) is 4.35. The highest BCUT2D eigenvalue weighted by molar-refractivity contribution is 6.30. The molecular formula is C13H15ClN4O2. The predicted octanol–water partition coefficient (Wildman–Crippen LogP) is 1.13. The number of hydrogen-bond donors (Lipinski definition) is 2. The lowest BCUT2D eigenvalue weighted by Gasteiger charge is -2.03. The van der Waals surface area contributed by atoms with Crippen molar-refractivity contribution in [2.45, 2.75) is 19.9 Å². The number of amides is 2. The van der Waals surface area contributed by atoms with Gasteiger partial charge in [0.05, 0.1) is 17.3 Å². The first-order chi connectivity index (χ1) is 9.54. The minimum absolute atomic E-state index is 0.131. The number of nitrogens with one attached hydrogen (secondary N) is 2. The van der Waals surface area contributed by atoms with E-state index < -0.39 is 0 Å². The van der Waals surface area contributed by atoms with E-state index in [0.717, 1.165) is 11.3 Å². The quantitative estimate of drug-likeness (QED) is 0.868. The van der Waals surface area contributed by atoms with Crippen LogP contribution in [0.25, 0.3) is 5.65 Å². The Bertz CT molecular complexity index is 638. The Kier molecular flexibility index (Phi) is 4.57. The Balaban J connectivity index is 1.86. The monoisotopic (exact) mass is 294 g/mol. The lowest BCUT2D eigenvalue weighted by atomic mass is 10.3. The summed E-state index contributed by atoms with van der Waals surface area (Å²) in [5.41, 5.74) is 1.53. The highest BCUT2D eigenvalue weighted by atomic mass is 35.5. The van der Waals surface area contributed by atoms with Crippen molar-refractivity contribution in [2.24, 2.45) is 0 Å². The van der Waals surface area contributed by atoms with Crippen molar-refractivity contribution in [3.63, 3.8) is 0 Å². The first-order valence-electron chi connectivity index (χ1n) is 6.19. The molecule has 6 nitrogen and oxygen atoms in total. The molecule has 7 heteroatoms. The van der Waals surface area contributed by atoms with Crippen LogP contribution in [0.15, 0.2) is 24.5 Å². The van der Waals surface area contributed by atoms with Gasteiger partial charge >= 0.3 is 0 Å². The van der Waals surface area contributed by atoms with E-state index in [1.54, 1.807) is 16.7 Å². The van der Waals surface area contributed by atoms with Crippen molar-refractivity contribution in [3.05, 3.63) is 35.2 Å². The number of carbonyl (C=O) groups excluding carboxylic acids is 2. The summed E-state index contributed by atoms with van der Waals surface area (Å²) >= 11 is 5.89. The van der Waals surface area contributed by atoms with Crippen LogP contribution in [-0.2, 0) is 16.1 Å². The fraction of sp³-hybridized carbons (Fsp3) is 0.308. The van der Waals surface area contributed by atoms with Crippen LogP contribution in [-0.4, -0.2) is 27.7 Å². The van der Waals surface area contributed by atoms with Crippen LogP contribution in [0.3, 0.4) is 0 Å². The smallest absolute Gasteiger partial charge is 0.222 e. The van der Waals surface area contributed by atoms with Gasteiger partial charge in [-0.25, -0.2) is 4.98 Å². The maximum atomic E-state index is 11.5. The molecule has 0 aliphatic carbocycles. The molecule has 0 fully saturated rings. The van der Waals surface area contributed by atoms with Gasteiger partial charge in [0.25, 0.3) is 0 Å². The number of rotatable bonds is 5. The zero-order valence-corrected chi connectivity index (χ0v) is 11.8. The molecule has 0 aromatic carbocycles. The number of hydrogen-bond acceptors (Lipinski definition) is 3. The number of aromatic nitrogens is 2. The first-order valence-corrected chi connectivity index (χ1v) is 6.56. The Morgan fingerprint density at radius 1 is 1.30 bits per heavy atom. The van der Waals surface area contributed by atoms with Gasteiger partial charge in [0.2, 0.25) is 11.8 Å². The fourth-order valence-corrected chi connectivity index (χ4v) is 1.90. The molecule has 0 atom stereocenters. The van der Waals surface area contributed by atoms with E-state index in [2.05, 4.69) is 15.6 Å². The standard InChI is InChI=1S/C13H15ClN4O2/c1-9(19)15-5-4-13(20)16-6-11-8-18-7-10(14)2-3-12(18)17-11/h2-3,7-8H,4-6H2,1H3,(H,15,19)(H,16,20). The van der Waals surface area contributed by atoms with Crippen LogP contribution >= 0.6 is 11.6 Å². The highest BCUT2D eigenvalue weighted by Crippen LogP contribution is 2.11. The molecule has 0 spiro atoms. The van der Waals surface area contributed by atoms with Crippen LogP contribution in [0.4, 0.5) is 0 Å². The molecule has 2 aromatic heterocycles. The Morgan fingerprint density at radius 2 is 2.10 bits per heavy atom. The number of nitrogens with zero attached hydrogens (tertiary/aromatic N) is 2. The topological polar surface area (TPSA) is 75.5 Å². The number of imidazole rings is 1. The third kappa shape index (κ3) is 3.96. The minimum atomic E-state index is -0.143. The van der Waals surface area contributed by atoms with Crippen molar-refractivity contribution in [3.8, 4) is 0 Å². The van der Waals surface area contributed by atoms with E-state index >= 15 is 0 Å². The molecule has 2 amide bonds. The molecule has 0 aliphatic heterocycles. The lowest BCUT2D eigenvalue weighted by molar-refractivity contribution is -0.121. The van der Waals surface area contributed by atoms with E-state index in [0.29, 0.717) is 18.1 Å². The normalized spacial score (nSPS) is 10.5. The summed E-state index contributed by atoms with van der Waals surface area (Å²) < 4.78 is 1.81. The third-order valence-corrected chi connectivity index (χ3v) is 2.88. The number of halogens is 1. The van der Waals surface area contributed by atoms with Gasteiger partial charge in [0.1, 0.15) is 5.65 Å². The van der Waals surface area contributed by atoms with Crippen LogP contribution in [0.2, 0.25) is 5.02 Å². The van der Waals surface area contributed by atoms with Crippen molar-refractivity contribution in [1.82, 2.24) is 20.0 Å². The molecule has 0 radical (unpaired) electrons. The largest absolute Gasteiger partial charge is 0.356 e. The van der Waals surface area contributed by atoms with E-state index in [1.807, 2.05) is 12.3 Å². The molecule has 20 heavy (non-hydrogen) atoms. The van der Waals surface area contributed by atoms with Crippen LogP contribution in [0.1, 0.15) is 19.0 Å². The molecule has 106 valence electrons. The molecule has 2 aromatic rings. The van der Waals surface area contributed by atoms with Crippen LogP contribution in [0.5, 0.6) is 0 Å². The summed E-state index contributed by atoms with van der Waals surface area (Å²) in [5, 5.41) is 5.94. The van der Waals surface area contributed by atoms with Gasteiger partial charge in [-0.05, 0) is 12.1 Å². The van der Waals surface area contributed by atoms with Gasteiger partial charge in [-0.2, -0.15) is 0 Å². The van der Waals surface area contributed by atoms with Gasteiger partial charge in [0, 0.05) is 32.3 Å². The van der Waals surface area contributed by atoms with E-state index in [9.17, 15) is 9.59 Å². The number of carbonyl (C=O) groups is 2. The second-order valence-corrected chi connectivity index (χ2v) is 4.79. The predicted molar refractivity (Wildman–Crippen MR) is 75.3 cm³/mol. The zero-order valence-electron chi connectivity index (χ0n) is 11.0. The molecule has 2 N–H and O–H groups in total. The summed E-state index contributed by atoms with van der Waals surface area (Å²) in [7, 11) is 0. The second kappa shape index (κ2) is 6.38. The molecule has 2 rings (SSSR count). The Hall–Kier alpha value is -2.08. The highest BCUT2D eigenvalue weighted by Gasteiger charge is 2.05. The molecule has 0 saturated carbocycles. The lowest BCUT2D eigenvalue weighted by Crippen LogP contribution is -2.29. The van der Waals surface area contributed by atoms with Gasteiger partial charge < -0.3 is 15.0 Å². The van der Waals surface area contributed by atoms with Crippen LogP contribution in [0, 0.1) is 0 Å². The maximum Gasteiger partial charge on any atom is 0.222 e. The third-order valence-electron chi connectivity index (χ3n) is 2.66. The van der Waals surface area contributed by atoms with Crippen molar-refractivity contribution < 1.29 is 9.59 Å². The van der Waals surface area contributed by atoms with Gasteiger partial charge in [0.15, 0.2) is 0 Å². The van der Waals surface area contributed by atoms with Crippen molar-refractivity contribution in [1.29, 1.82) is 0 Å². The van der Waals surface area contributed by atoms with E-state index in [1.165, 1.54) is 6.92 Å². The molecular weight excluding hydrogens is 280 g/mol. The average molecular weight is 295 g/mol. The molecule has 0 aliphatic rings. The fourth-order valence-electron chi connectivity index (χ4n) is 1.73. The summed E-state index contributed by atoms with van der Waals surface area (Å²) in [4.78, 5) is 26.6. The minimum Gasteiger partial charge on any atom is -0.356 e. The molecule has 0 saturated heterocycles. The average Bonchev–Trinajstić information content (AvgIpc) is 2.77. The Labute approximate surface area is 121 Å². The number of fused-ring (bicyclic) bond motifs is 1. The summed E-state index contributed by atoms with van der Waals surface area (Å²) in [6.45, 7) is 2.10. The van der Waals surface area contributed by atoms with E-state index in [4.69, 9.17) is 11.6 Å². The molecule has 0 unspecified atom stereocenters. The maximum absolute atomic E-state index is 11.5. The van der Waals surface area contributed by atoms with E-state index in [-0.39, 0.29) is 18.2 Å². The summed E-state index contributed by atoms with van der Waals surface area (Å²) in [5.74, 6) is -0.274. The molecule has 2 heterocycles. The van der Waals surface area contributed by atoms with Crippen molar-refractivity contribution >= 4 is 29.1 Å². The SMILES string of the molecule is CC(=O)NCCC(=O)NCc1cn2cc(Cl)ccc2n1. The summed E-state index contributed by atoms with van der Waals surface area (Å²) in [6, 6.07) is 3.57. The zero-order chi connectivity index (χ0) is 14.5. The Morgan fingerprint density at radius 3 is 2.85 bits per heavy atom.